The van der Waals surface area contributed by atoms with Crippen LogP contribution in [0.4, 0.5) is 0 Å². The molecular formula is C22H27N7O4. The van der Waals surface area contributed by atoms with E-state index in [0.29, 0.717) is 12.2 Å². The summed E-state index contributed by atoms with van der Waals surface area (Å²) in [7, 11) is 1.34. The van der Waals surface area contributed by atoms with E-state index in [9.17, 15) is 14.4 Å². The molecule has 0 atom stereocenters. The summed E-state index contributed by atoms with van der Waals surface area (Å²) in [6.45, 7) is 5.54. The maximum absolute atomic E-state index is 12.6. The fourth-order valence-electron chi connectivity index (χ4n) is 3.74. The second kappa shape index (κ2) is 9.90. The molecule has 2 aromatic heterocycles. The Morgan fingerprint density at radius 3 is 2.58 bits per heavy atom. The Balaban J connectivity index is 1.48. The summed E-state index contributed by atoms with van der Waals surface area (Å²) in [5.74, 6) is -0.939. The quantitative estimate of drug-likeness (QED) is 0.523. The number of piperidine rings is 1. The number of carbonyl (C=O) groups excluding carboxylic acids is 1. The molecule has 0 aliphatic carbocycles. The predicted molar refractivity (Wildman–Crippen MR) is 120 cm³/mol. The molecule has 0 radical (unpaired) electrons. The van der Waals surface area contributed by atoms with Crippen molar-refractivity contribution in [1.29, 1.82) is 0 Å². The third-order valence-electron chi connectivity index (χ3n) is 5.67. The number of carbonyl (C=O) groups is 1. The number of hydrogen-bond donors (Lipinski definition) is 1. The number of hydrogen-bond acceptors (Lipinski definition) is 8. The molecule has 1 aliphatic rings. The topological polar surface area (TPSA) is 128 Å². The van der Waals surface area contributed by atoms with E-state index < -0.39 is 17.2 Å². The molecule has 1 fully saturated rings. The number of likely N-dealkylation sites (tertiary alicyclic amines) is 1. The maximum atomic E-state index is 12.6. The molecule has 1 aliphatic heterocycles. The van der Waals surface area contributed by atoms with Crippen molar-refractivity contribution in [3.8, 4) is 17.2 Å². The van der Waals surface area contributed by atoms with Gasteiger partial charge in [-0.3, -0.25) is 14.2 Å². The summed E-state index contributed by atoms with van der Waals surface area (Å²) in [4.78, 5) is 44.0. The van der Waals surface area contributed by atoms with Gasteiger partial charge >= 0.3 is 17.5 Å². The highest BCUT2D eigenvalue weighted by molar-refractivity contribution is 5.89. The van der Waals surface area contributed by atoms with Gasteiger partial charge in [0.2, 0.25) is 5.82 Å². The van der Waals surface area contributed by atoms with Gasteiger partial charge in [-0.15, -0.1) is 0 Å². The number of amides is 1. The van der Waals surface area contributed by atoms with Crippen LogP contribution in [0.2, 0.25) is 0 Å². The molecule has 0 unspecified atom stereocenters. The highest BCUT2D eigenvalue weighted by Gasteiger charge is 2.22. The minimum Gasteiger partial charge on any atom is -0.348 e. The van der Waals surface area contributed by atoms with E-state index in [4.69, 9.17) is 4.52 Å². The van der Waals surface area contributed by atoms with Crippen molar-refractivity contribution in [3.05, 3.63) is 56.6 Å². The number of aromatic nitrogens is 5. The van der Waals surface area contributed by atoms with Crippen LogP contribution in [-0.4, -0.2) is 61.5 Å². The maximum Gasteiger partial charge on any atom is 0.351 e. The summed E-state index contributed by atoms with van der Waals surface area (Å²) in [6, 6.07) is 7.10. The second-order valence-corrected chi connectivity index (χ2v) is 8.18. The van der Waals surface area contributed by atoms with Crippen molar-refractivity contribution < 1.29 is 9.32 Å². The Hall–Kier alpha value is -3.60. The van der Waals surface area contributed by atoms with Gasteiger partial charge in [-0.1, -0.05) is 29.3 Å². The monoisotopic (exact) mass is 453 g/mol. The van der Waals surface area contributed by atoms with Gasteiger partial charge in [-0.2, -0.15) is 14.8 Å². The Morgan fingerprint density at radius 2 is 1.85 bits per heavy atom. The SMILES string of the molecule is Cc1ccc(-n2nc(-c3noc(C(=O)NCCCN4CCCCC4)n3)c(=O)n(C)c2=O)cc1. The standard InChI is InChI=1S/C22H27N7O4/c1-15-7-9-16(10-8-15)29-22(32)27(2)21(31)17(25-29)18-24-20(33-26-18)19(30)23-11-6-14-28-12-4-3-5-13-28/h7-10H,3-6,11-14H2,1-2H3,(H,23,30). The van der Waals surface area contributed by atoms with E-state index in [0.717, 1.165) is 40.9 Å². The van der Waals surface area contributed by atoms with E-state index in [1.807, 2.05) is 19.1 Å². The fraction of sp³-hybridized carbons (Fsp3) is 0.455. The lowest BCUT2D eigenvalue weighted by molar-refractivity contribution is 0.0907. The molecule has 0 spiro atoms. The Kier molecular flexibility index (Phi) is 6.78. The average molecular weight is 454 g/mol. The van der Waals surface area contributed by atoms with Crippen LogP contribution in [0.15, 0.2) is 38.4 Å². The van der Waals surface area contributed by atoms with Crippen molar-refractivity contribution in [1.82, 2.24) is 34.7 Å². The van der Waals surface area contributed by atoms with Gasteiger partial charge in [-0.25, -0.2) is 4.79 Å². The first kappa shape index (κ1) is 22.6. The smallest absolute Gasteiger partial charge is 0.348 e. The number of rotatable bonds is 7. The molecule has 0 bridgehead atoms. The lowest BCUT2D eigenvalue weighted by Crippen LogP contribution is -2.40. The molecule has 3 heterocycles. The Bertz CT molecular complexity index is 1240. The van der Waals surface area contributed by atoms with E-state index in [-0.39, 0.29) is 17.4 Å². The van der Waals surface area contributed by atoms with Gasteiger partial charge in [0.1, 0.15) is 0 Å². The van der Waals surface area contributed by atoms with Crippen LogP contribution in [0.5, 0.6) is 0 Å². The highest BCUT2D eigenvalue weighted by atomic mass is 16.5. The van der Waals surface area contributed by atoms with Crippen molar-refractivity contribution in [2.24, 2.45) is 7.05 Å². The van der Waals surface area contributed by atoms with Crippen LogP contribution < -0.4 is 16.6 Å². The number of nitrogens with one attached hydrogen (secondary N) is 1. The predicted octanol–water partition coefficient (Wildman–Crippen LogP) is 0.895. The Morgan fingerprint density at radius 1 is 1.12 bits per heavy atom. The third kappa shape index (κ3) is 5.08. The zero-order chi connectivity index (χ0) is 23.4. The van der Waals surface area contributed by atoms with E-state index in [1.54, 1.807) is 12.1 Å². The van der Waals surface area contributed by atoms with Gasteiger partial charge in [0.05, 0.1) is 5.69 Å². The van der Waals surface area contributed by atoms with Crippen LogP contribution >= 0.6 is 0 Å². The molecule has 4 rings (SSSR count). The lowest BCUT2D eigenvalue weighted by Gasteiger charge is -2.26. The van der Waals surface area contributed by atoms with Crippen LogP contribution in [0.3, 0.4) is 0 Å². The van der Waals surface area contributed by atoms with Gasteiger partial charge in [0, 0.05) is 13.6 Å². The molecule has 11 nitrogen and oxygen atoms in total. The van der Waals surface area contributed by atoms with Crippen LogP contribution in [-0.2, 0) is 7.05 Å². The number of nitrogens with zero attached hydrogens (tertiary/aromatic N) is 6. The average Bonchev–Trinajstić information content (AvgIpc) is 3.32. The first-order valence-electron chi connectivity index (χ1n) is 11.1. The van der Waals surface area contributed by atoms with Crippen molar-refractivity contribution in [3.63, 3.8) is 0 Å². The summed E-state index contributed by atoms with van der Waals surface area (Å²) in [5.41, 5.74) is 0.0187. The molecule has 11 heteroatoms. The second-order valence-electron chi connectivity index (χ2n) is 8.18. The summed E-state index contributed by atoms with van der Waals surface area (Å²) in [5, 5.41) is 10.7. The van der Waals surface area contributed by atoms with Crippen LogP contribution in [0, 0.1) is 6.92 Å². The summed E-state index contributed by atoms with van der Waals surface area (Å²) < 4.78 is 7.06. The zero-order valence-corrected chi connectivity index (χ0v) is 18.8. The van der Waals surface area contributed by atoms with Crippen molar-refractivity contribution in [2.45, 2.75) is 32.6 Å². The molecule has 3 aromatic rings. The molecule has 1 amide bonds. The van der Waals surface area contributed by atoms with Crippen LogP contribution in [0.1, 0.15) is 41.9 Å². The zero-order valence-electron chi connectivity index (χ0n) is 18.8. The van der Waals surface area contributed by atoms with E-state index in [2.05, 4.69) is 25.5 Å². The van der Waals surface area contributed by atoms with Gasteiger partial charge in [0.25, 0.3) is 5.56 Å². The molecule has 1 saturated heterocycles. The molecule has 1 N–H and O–H groups in total. The first-order chi connectivity index (χ1) is 15.9. The van der Waals surface area contributed by atoms with Gasteiger partial charge < -0.3 is 14.7 Å². The minimum absolute atomic E-state index is 0.157. The molecular weight excluding hydrogens is 426 g/mol. The number of benzene rings is 1. The van der Waals surface area contributed by atoms with Crippen molar-refractivity contribution in [2.75, 3.05) is 26.2 Å². The largest absolute Gasteiger partial charge is 0.351 e. The summed E-state index contributed by atoms with van der Waals surface area (Å²) in [6.07, 6.45) is 4.55. The Labute approximate surface area is 190 Å². The lowest BCUT2D eigenvalue weighted by atomic mass is 10.1. The fourth-order valence-corrected chi connectivity index (χ4v) is 3.74. The minimum atomic E-state index is -0.683. The first-order valence-corrected chi connectivity index (χ1v) is 11.1. The van der Waals surface area contributed by atoms with Crippen LogP contribution in [0.25, 0.3) is 17.2 Å². The molecule has 33 heavy (non-hydrogen) atoms. The molecule has 174 valence electrons. The third-order valence-corrected chi connectivity index (χ3v) is 5.67. The number of aryl methyl sites for hydroxylation is 1. The summed E-state index contributed by atoms with van der Waals surface area (Å²) >= 11 is 0. The highest BCUT2D eigenvalue weighted by Crippen LogP contribution is 2.11. The van der Waals surface area contributed by atoms with Gasteiger partial charge in [-0.05, 0) is 58.0 Å². The van der Waals surface area contributed by atoms with Gasteiger partial charge in [0.15, 0.2) is 5.69 Å². The van der Waals surface area contributed by atoms with Crippen molar-refractivity contribution >= 4 is 5.91 Å². The van der Waals surface area contributed by atoms with E-state index in [1.165, 1.54) is 26.3 Å². The normalized spacial score (nSPS) is 14.4. The molecule has 0 saturated carbocycles. The van der Waals surface area contributed by atoms with E-state index >= 15 is 0 Å². The molecule has 1 aromatic carbocycles.